The van der Waals surface area contributed by atoms with Gasteiger partial charge in [0.25, 0.3) is 10.0 Å². The van der Waals surface area contributed by atoms with Crippen LogP contribution in [0.4, 0.5) is 10.1 Å². The molecule has 100 valence electrons. The molecular weight excluding hydrogens is 291 g/mol. The molecule has 1 heterocycles. The lowest BCUT2D eigenvalue weighted by Crippen LogP contribution is -2.14. The molecule has 0 aliphatic carbocycles. The number of nitrogens with one attached hydrogen (secondary N) is 1. The third-order valence-electron chi connectivity index (χ3n) is 2.46. The molecule has 0 atom stereocenters. The van der Waals surface area contributed by atoms with Gasteiger partial charge in [0.2, 0.25) is 0 Å². The van der Waals surface area contributed by atoms with Crippen LogP contribution in [0.25, 0.3) is 0 Å². The van der Waals surface area contributed by atoms with E-state index in [1.165, 1.54) is 30.5 Å². The molecule has 7 heteroatoms. The maximum absolute atomic E-state index is 13.1. The molecule has 0 aliphatic heterocycles. The Labute approximate surface area is 115 Å². The zero-order valence-electron chi connectivity index (χ0n) is 9.89. The second kappa shape index (κ2) is 5.14. The molecule has 2 aromatic rings. The first-order valence-corrected chi connectivity index (χ1v) is 7.16. The Hall–Kier alpha value is -1.66. The maximum atomic E-state index is 13.1. The van der Waals surface area contributed by atoms with E-state index in [1.54, 1.807) is 6.92 Å². The van der Waals surface area contributed by atoms with Crippen molar-refractivity contribution in [2.45, 2.75) is 11.8 Å². The van der Waals surface area contributed by atoms with Crippen molar-refractivity contribution in [3.63, 3.8) is 0 Å². The van der Waals surface area contributed by atoms with E-state index in [1.807, 2.05) is 0 Å². The fourth-order valence-electron chi connectivity index (χ4n) is 1.48. The van der Waals surface area contributed by atoms with Crippen LogP contribution in [0.5, 0.6) is 0 Å². The number of rotatable bonds is 3. The number of hydrogen-bond donors (Lipinski definition) is 1. The summed E-state index contributed by atoms with van der Waals surface area (Å²) in [6.45, 7) is 1.67. The predicted octanol–water partition coefficient (Wildman–Crippen LogP) is 2.98. The first kappa shape index (κ1) is 13.8. The number of aryl methyl sites for hydroxylation is 1. The standard InChI is InChI=1S/C12H10ClFN2O2S/c1-8-4-5-9(14)7-10(8)16-19(17,18)11-3-2-6-15-12(11)13/h2-7,16H,1H3. The van der Waals surface area contributed by atoms with Crippen LogP contribution in [0.3, 0.4) is 0 Å². The van der Waals surface area contributed by atoms with Crippen molar-refractivity contribution in [1.82, 2.24) is 4.98 Å². The average molecular weight is 301 g/mol. The monoisotopic (exact) mass is 300 g/mol. The summed E-state index contributed by atoms with van der Waals surface area (Å²) in [5.41, 5.74) is 0.768. The molecule has 1 aromatic heterocycles. The highest BCUT2D eigenvalue weighted by Gasteiger charge is 2.19. The second-order valence-electron chi connectivity index (χ2n) is 3.86. The summed E-state index contributed by atoms with van der Waals surface area (Å²) in [5, 5.41) is -0.135. The van der Waals surface area contributed by atoms with Crippen molar-refractivity contribution in [3.8, 4) is 0 Å². The zero-order chi connectivity index (χ0) is 14.0. The molecule has 0 aliphatic rings. The van der Waals surface area contributed by atoms with E-state index in [0.717, 1.165) is 6.07 Å². The highest BCUT2D eigenvalue weighted by molar-refractivity contribution is 7.92. The van der Waals surface area contributed by atoms with Crippen molar-refractivity contribution in [1.29, 1.82) is 0 Å². The van der Waals surface area contributed by atoms with E-state index in [0.29, 0.717) is 5.56 Å². The first-order chi connectivity index (χ1) is 8.90. The smallest absolute Gasteiger partial charge is 0.264 e. The number of halogens is 2. The SMILES string of the molecule is Cc1ccc(F)cc1NS(=O)(=O)c1cccnc1Cl. The molecule has 4 nitrogen and oxygen atoms in total. The Bertz CT molecular complexity index is 719. The number of hydrogen-bond acceptors (Lipinski definition) is 3. The van der Waals surface area contributed by atoms with Crippen molar-refractivity contribution in [3.05, 3.63) is 53.1 Å². The molecule has 1 aromatic carbocycles. The third-order valence-corrected chi connectivity index (χ3v) is 4.27. The van der Waals surface area contributed by atoms with Crippen molar-refractivity contribution < 1.29 is 12.8 Å². The molecule has 0 saturated heterocycles. The molecular formula is C12H10ClFN2O2S. The first-order valence-electron chi connectivity index (χ1n) is 5.29. The normalized spacial score (nSPS) is 11.3. The maximum Gasteiger partial charge on any atom is 0.264 e. The van der Waals surface area contributed by atoms with E-state index in [-0.39, 0.29) is 15.7 Å². The summed E-state index contributed by atoms with van der Waals surface area (Å²) in [6.07, 6.45) is 1.38. The Balaban J connectivity index is 2.43. The van der Waals surface area contributed by atoms with Crippen LogP contribution in [0.1, 0.15) is 5.56 Å². The van der Waals surface area contributed by atoms with E-state index in [2.05, 4.69) is 9.71 Å². The number of anilines is 1. The minimum atomic E-state index is -3.89. The molecule has 0 saturated carbocycles. The lowest BCUT2D eigenvalue weighted by atomic mass is 10.2. The Morgan fingerprint density at radius 1 is 1.32 bits per heavy atom. The number of pyridine rings is 1. The number of benzene rings is 1. The van der Waals surface area contributed by atoms with Gasteiger partial charge in [0.1, 0.15) is 15.9 Å². The van der Waals surface area contributed by atoms with Crippen LogP contribution >= 0.6 is 11.6 Å². The van der Waals surface area contributed by atoms with Gasteiger partial charge in [0, 0.05) is 6.20 Å². The van der Waals surface area contributed by atoms with Crippen LogP contribution in [0.2, 0.25) is 5.15 Å². The molecule has 0 spiro atoms. The molecule has 0 bridgehead atoms. The molecule has 0 radical (unpaired) electrons. The molecule has 0 unspecified atom stereocenters. The summed E-state index contributed by atoms with van der Waals surface area (Å²) in [4.78, 5) is 3.55. The van der Waals surface area contributed by atoms with E-state index in [9.17, 15) is 12.8 Å². The Morgan fingerprint density at radius 2 is 2.05 bits per heavy atom. The lowest BCUT2D eigenvalue weighted by Gasteiger charge is -2.11. The lowest BCUT2D eigenvalue weighted by molar-refractivity contribution is 0.600. The molecule has 0 amide bonds. The van der Waals surface area contributed by atoms with Crippen LogP contribution in [-0.2, 0) is 10.0 Å². The van der Waals surface area contributed by atoms with Crippen molar-refractivity contribution >= 4 is 27.3 Å². The molecule has 19 heavy (non-hydrogen) atoms. The van der Waals surface area contributed by atoms with Crippen molar-refractivity contribution in [2.75, 3.05) is 4.72 Å². The number of sulfonamides is 1. The van der Waals surface area contributed by atoms with Gasteiger partial charge in [0.15, 0.2) is 0 Å². The van der Waals surface area contributed by atoms with Crippen LogP contribution in [-0.4, -0.2) is 13.4 Å². The van der Waals surface area contributed by atoms with Gasteiger partial charge in [-0.15, -0.1) is 0 Å². The summed E-state index contributed by atoms with van der Waals surface area (Å²) >= 11 is 5.74. The molecule has 1 N–H and O–H groups in total. The summed E-state index contributed by atoms with van der Waals surface area (Å²) in [7, 11) is -3.89. The summed E-state index contributed by atoms with van der Waals surface area (Å²) in [6, 6.07) is 6.63. The van der Waals surface area contributed by atoms with Crippen molar-refractivity contribution in [2.24, 2.45) is 0 Å². The minimum absolute atomic E-state index is 0.135. The van der Waals surface area contributed by atoms with Crippen LogP contribution < -0.4 is 4.72 Å². The predicted molar refractivity (Wildman–Crippen MR) is 71.2 cm³/mol. The van der Waals surface area contributed by atoms with Gasteiger partial charge in [-0.05, 0) is 36.8 Å². The zero-order valence-corrected chi connectivity index (χ0v) is 11.5. The van der Waals surface area contributed by atoms with E-state index >= 15 is 0 Å². The highest BCUT2D eigenvalue weighted by atomic mass is 35.5. The number of aromatic nitrogens is 1. The van der Waals surface area contributed by atoms with Gasteiger partial charge in [-0.2, -0.15) is 0 Å². The third kappa shape index (κ3) is 3.02. The summed E-state index contributed by atoms with van der Waals surface area (Å²) < 4.78 is 39.7. The number of nitrogens with zero attached hydrogens (tertiary/aromatic N) is 1. The Morgan fingerprint density at radius 3 is 2.74 bits per heavy atom. The van der Waals surface area contributed by atoms with E-state index in [4.69, 9.17) is 11.6 Å². The molecule has 2 rings (SSSR count). The van der Waals surface area contributed by atoms with Gasteiger partial charge >= 0.3 is 0 Å². The fourth-order valence-corrected chi connectivity index (χ4v) is 3.05. The topological polar surface area (TPSA) is 59.1 Å². The van der Waals surface area contributed by atoms with Crippen LogP contribution in [0, 0.1) is 12.7 Å². The molecule has 0 fully saturated rings. The fraction of sp³-hybridized carbons (Fsp3) is 0.0833. The summed E-state index contributed by atoms with van der Waals surface area (Å²) in [5.74, 6) is -0.527. The van der Waals surface area contributed by atoms with Gasteiger partial charge in [-0.25, -0.2) is 17.8 Å². The Kier molecular flexibility index (Phi) is 3.73. The van der Waals surface area contributed by atoms with Gasteiger partial charge in [-0.3, -0.25) is 4.72 Å². The highest BCUT2D eigenvalue weighted by Crippen LogP contribution is 2.23. The van der Waals surface area contributed by atoms with Gasteiger partial charge in [0.05, 0.1) is 5.69 Å². The van der Waals surface area contributed by atoms with Crippen LogP contribution in [0.15, 0.2) is 41.4 Å². The minimum Gasteiger partial charge on any atom is -0.279 e. The average Bonchev–Trinajstić information content (AvgIpc) is 2.34. The van der Waals surface area contributed by atoms with Gasteiger partial charge in [-0.1, -0.05) is 17.7 Å². The van der Waals surface area contributed by atoms with Gasteiger partial charge < -0.3 is 0 Å². The van der Waals surface area contributed by atoms with E-state index < -0.39 is 15.8 Å². The second-order valence-corrected chi connectivity index (χ2v) is 5.87. The quantitative estimate of drug-likeness (QED) is 0.887. The largest absolute Gasteiger partial charge is 0.279 e.